The molecule has 1 aliphatic carbocycles. The Bertz CT molecular complexity index is 468. The molecule has 0 atom stereocenters. The van der Waals surface area contributed by atoms with Gasteiger partial charge in [-0.25, -0.2) is 4.79 Å². The number of anilines is 1. The van der Waals surface area contributed by atoms with Crippen LogP contribution < -0.4 is 10.6 Å². The van der Waals surface area contributed by atoms with E-state index in [1.807, 2.05) is 18.2 Å². The van der Waals surface area contributed by atoms with Crippen LogP contribution in [0.5, 0.6) is 0 Å². The van der Waals surface area contributed by atoms with Gasteiger partial charge in [-0.3, -0.25) is 0 Å². The zero-order valence-corrected chi connectivity index (χ0v) is 11.6. The second kappa shape index (κ2) is 6.24. The summed E-state index contributed by atoms with van der Waals surface area (Å²) in [6.45, 7) is 3.44. The molecule has 1 aliphatic heterocycles. The minimum atomic E-state index is -0.0411. The zero-order valence-electron chi connectivity index (χ0n) is 11.6. The van der Waals surface area contributed by atoms with Gasteiger partial charge in [-0.15, -0.1) is 0 Å². The minimum absolute atomic E-state index is 0.0411. The highest BCUT2D eigenvalue weighted by molar-refractivity contribution is 5.89. The number of nitrogens with zero attached hydrogens (tertiary/aromatic N) is 1. The number of morpholine rings is 1. The fourth-order valence-corrected chi connectivity index (χ4v) is 2.28. The van der Waals surface area contributed by atoms with Crippen LogP contribution in [0, 0.1) is 0 Å². The maximum Gasteiger partial charge on any atom is 0.321 e. The van der Waals surface area contributed by atoms with Crippen LogP contribution in [0.15, 0.2) is 24.3 Å². The maximum absolute atomic E-state index is 12.1. The number of benzene rings is 1. The molecule has 2 aliphatic rings. The average molecular weight is 275 g/mol. The summed E-state index contributed by atoms with van der Waals surface area (Å²) in [6.07, 6.45) is 2.57. The fourth-order valence-electron chi connectivity index (χ4n) is 2.28. The fraction of sp³-hybridized carbons (Fsp3) is 0.533. The van der Waals surface area contributed by atoms with E-state index in [9.17, 15) is 4.79 Å². The third-order valence-corrected chi connectivity index (χ3v) is 3.65. The first-order valence-electron chi connectivity index (χ1n) is 7.27. The Hall–Kier alpha value is -1.59. The van der Waals surface area contributed by atoms with Gasteiger partial charge < -0.3 is 20.3 Å². The predicted molar refractivity (Wildman–Crippen MR) is 77.7 cm³/mol. The monoisotopic (exact) mass is 275 g/mol. The van der Waals surface area contributed by atoms with Crippen LogP contribution >= 0.6 is 0 Å². The molecule has 5 heteroatoms. The van der Waals surface area contributed by atoms with Gasteiger partial charge in [0.2, 0.25) is 0 Å². The quantitative estimate of drug-likeness (QED) is 0.881. The first-order valence-corrected chi connectivity index (χ1v) is 7.27. The smallest absolute Gasteiger partial charge is 0.321 e. The van der Waals surface area contributed by atoms with E-state index in [1.54, 1.807) is 4.90 Å². The average Bonchev–Trinajstić information content (AvgIpc) is 3.31. The van der Waals surface area contributed by atoms with Crippen molar-refractivity contribution in [2.45, 2.75) is 25.4 Å². The molecule has 20 heavy (non-hydrogen) atoms. The Kier molecular flexibility index (Phi) is 4.18. The zero-order chi connectivity index (χ0) is 13.8. The van der Waals surface area contributed by atoms with Crippen LogP contribution in [0.2, 0.25) is 0 Å². The lowest BCUT2D eigenvalue weighted by atomic mass is 10.2. The van der Waals surface area contributed by atoms with Gasteiger partial charge in [0.1, 0.15) is 0 Å². The van der Waals surface area contributed by atoms with E-state index in [-0.39, 0.29) is 6.03 Å². The highest BCUT2D eigenvalue weighted by atomic mass is 16.5. The Morgan fingerprint density at radius 3 is 2.85 bits per heavy atom. The Morgan fingerprint density at radius 1 is 1.30 bits per heavy atom. The van der Waals surface area contributed by atoms with Crippen molar-refractivity contribution in [3.05, 3.63) is 29.8 Å². The standard InChI is InChI=1S/C15H21N3O2/c19-15(18-6-8-20-9-7-18)17-14-3-1-2-12(10-14)11-16-13-4-5-13/h1-3,10,13,16H,4-9,11H2,(H,17,19). The van der Waals surface area contributed by atoms with E-state index >= 15 is 0 Å². The minimum Gasteiger partial charge on any atom is -0.378 e. The number of hydrogen-bond donors (Lipinski definition) is 2. The normalized spacial score (nSPS) is 18.9. The Morgan fingerprint density at radius 2 is 2.10 bits per heavy atom. The molecule has 0 aromatic heterocycles. The third-order valence-electron chi connectivity index (χ3n) is 3.65. The molecule has 2 amide bonds. The van der Waals surface area contributed by atoms with Gasteiger partial charge in [0.05, 0.1) is 13.2 Å². The molecule has 0 spiro atoms. The molecule has 2 N–H and O–H groups in total. The lowest BCUT2D eigenvalue weighted by molar-refractivity contribution is 0.0564. The molecule has 1 saturated carbocycles. The number of ether oxygens (including phenoxy) is 1. The number of nitrogens with one attached hydrogen (secondary N) is 2. The molecule has 0 bridgehead atoms. The van der Waals surface area contributed by atoms with Gasteiger partial charge in [-0.05, 0) is 30.5 Å². The van der Waals surface area contributed by atoms with Crippen molar-refractivity contribution >= 4 is 11.7 Å². The van der Waals surface area contributed by atoms with Gasteiger partial charge in [-0.1, -0.05) is 12.1 Å². The highest BCUT2D eigenvalue weighted by Gasteiger charge is 2.20. The van der Waals surface area contributed by atoms with Crippen molar-refractivity contribution in [3.63, 3.8) is 0 Å². The van der Waals surface area contributed by atoms with Crippen LogP contribution in [0.4, 0.5) is 10.5 Å². The van der Waals surface area contributed by atoms with Crippen molar-refractivity contribution in [1.82, 2.24) is 10.2 Å². The summed E-state index contributed by atoms with van der Waals surface area (Å²) in [5, 5.41) is 6.44. The molecular weight excluding hydrogens is 254 g/mol. The highest BCUT2D eigenvalue weighted by Crippen LogP contribution is 2.20. The van der Waals surface area contributed by atoms with Gasteiger partial charge >= 0.3 is 6.03 Å². The molecule has 5 nitrogen and oxygen atoms in total. The van der Waals surface area contributed by atoms with Crippen molar-refractivity contribution < 1.29 is 9.53 Å². The number of amides is 2. The Balaban J connectivity index is 1.55. The molecule has 0 unspecified atom stereocenters. The number of carbonyl (C=O) groups excluding carboxylic acids is 1. The summed E-state index contributed by atoms with van der Waals surface area (Å²) in [6, 6.07) is 8.69. The second-order valence-electron chi connectivity index (χ2n) is 5.39. The van der Waals surface area contributed by atoms with Crippen LogP contribution in [-0.4, -0.2) is 43.3 Å². The van der Waals surface area contributed by atoms with Gasteiger partial charge in [0.15, 0.2) is 0 Å². The van der Waals surface area contributed by atoms with Gasteiger partial charge in [0, 0.05) is 31.4 Å². The number of carbonyl (C=O) groups is 1. The first kappa shape index (κ1) is 13.4. The van der Waals surface area contributed by atoms with Crippen molar-refractivity contribution in [2.75, 3.05) is 31.6 Å². The molecule has 3 rings (SSSR count). The summed E-state index contributed by atoms with van der Waals surface area (Å²) >= 11 is 0. The van der Waals surface area contributed by atoms with Crippen molar-refractivity contribution in [2.24, 2.45) is 0 Å². The molecule has 2 fully saturated rings. The van der Waals surface area contributed by atoms with E-state index in [0.717, 1.165) is 12.2 Å². The van der Waals surface area contributed by atoms with Gasteiger partial charge in [-0.2, -0.15) is 0 Å². The molecule has 1 aromatic carbocycles. The van der Waals surface area contributed by atoms with E-state index in [1.165, 1.54) is 18.4 Å². The molecule has 1 heterocycles. The van der Waals surface area contributed by atoms with Crippen LogP contribution in [0.3, 0.4) is 0 Å². The largest absolute Gasteiger partial charge is 0.378 e. The topological polar surface area (TPSA) is 53.6 Å². The molecule has 1 aromatic rings. The van der Waals surface area contributed by atoms with E-state index in [2.05, 4.69) is 16.7 Å². The van der Waals surface area contributed by atoms with Gasteiger partial charge in [0.25, 0.3) is 0 Å². The third kappa shape index (κ3) is 3.71. The van der Waals surface area contributed by atoms with E-state index in [0.29, 0.717) is 32.3 Å². The van der Waals surface area contributed by atoms with E-state index in [4.69, 9.17) is 4.74 Å². The van der Waals surface area contributed by atoms with Crippen LogP contribution in [0.25, 0.3) is 0 Å². The number of rotatable bonds is 4. The lowest BCUT2D eigenvalue weighted by Gasteiger charge is -2.27. The SMILES string of the molecule is O=C(Nc1cccc(CNC2CC2)c1)N1CCOCC1. The molecule has 1 saturated heterocycles. The summed E-state index contributed by atoms with van der Waals surface area (Å²) in [7, 11) is 0. The van der Waals surface area contributed by atoms with E-state index < -0.39 is 0 Å². The first-order chi connectivity index (χ1) is 9.81. The molecular formula is C15H21N3O2. The van der Waals surface area contributed by atoms with Crippen LogP contribution in [-0.2, 0) is 11.3 Å². The summed E-state index contributed by atoms with van der Waals surface area (Å²) < 4.78 is 5.25. The second-order valence-corrected chi connectivity index (χ2v) is 5.39. The number of hydrogen-bond acceptors (Lipinski definition) is 3. The van der Waals surface area contributed by atoms with Crippen molar-refractivity contribution in [1.29, 1.82) is 0 Å². The van der Waals surface area contributed by atoms with Crippen molar-refractivity contribution in [3.8, 4) is 0 Å². The maximum atomic E-state index is 12.1. The number of urea groups is 1. The van der Waals surface area contributed by atoms with Crippen LogP contribution in [0.1, 0.15) is 18.4 Å². The lowest BCUT2D eigenvalue weighted by Crippen LogP contribution is -2.43. The Labute approximate surface area is 119 Å². The summed E-state index contributed by atoms with van der Waals surface area (Å²) in [5.74, 6) is 0. The summed E-state index contributed by atoms with van der Waals surface area (Å²) in [5.41, 5.74) is 2.06. The molecule has 0 radical (unpaired) electrons. The molecule has 108 valence electrons. The predicted octanol–water partition coefficient (Wildman–Crippen LogP) is 1.80. The summed E-state index contributed by atoms with van der Waals surface area (Å²) in [4.78, 5) is 13.9.